The summed E-state index contributed by atoms with van der Waals surface area (Å²) in [6.45, 7) is 4.96. The molecule has 1 aliphatic heterocycles. The minimum atomic E-state index is -3.11. The SMILES string of the molecule is O=P(C=C(Cl)c1ccccc1)(/C=C(/Cl)c1ccccc1)NCCCN1CCOCC1. The summed E-state index contributed by atoms with van der Waals surface area (Å²) in [5, 5.41) is 4.09. The van der Waals surface area contributed by atoms with E-state index in [0.717, 1.165) is 50.4 Å². The van der Waals surface area contributed by atoms with Crippen LogP contribution in [0.15, 0.2) is 72.3 Å². The summed E-state index contributed by atoms with van der Waals surface area (Å²) < 4.78 is 19.2. The number of benzene rings is 2. The van der Waals surface area contributed by atoms with Crippen LogP contribution >= 0.6 is 30.5 Å². The number of hydrogen-bond donors (Lipinski definition) is 1. The summed E-state index contributed by atoms with van der Waals surface area (Å²) >= 11 is 13.0. The van der Waals surface area contributed by atoms with Crippen molar-refractivity contribution >= 4 is 40.6 Å². The molecule has 1 saturated heterocycles. The van der Waals surface area contributed by atoms with Crippen molar-refractivity contribution in [1.29, 1.82) is 0 Å². The largest absolute Gasteiger partial charge is 0.379 e. The van der Waals surface area contributed by atoms with Crippen LogP contribution in [0.5, 0.6) is 0 Å². The van der Waals surface area contributed by atoms with Crippen LogP contribution < -0.4 is 5.09 Å². The van der Waals surface area contributed by atoms with E-state index in [0.29, 0.717) is 16.6 Å². The molecule has 1 unspecified atom stereocenters. The molecule has 0 aliphatic carbocycles. The average molecular weight is 465 g/mol. The molecular weight excluding hydrogens is 438 g/mol. The van der Waals surface area contributed by atoms with Gasteiger partial charge in [-0.3, -0.25) is 14.6 Å². The molecule has 2 aromatic rings. The lowest BCUT2D eigenvalue weighted by atomic mass is 10.2. The summed E-state index contributed by atoms with van der Waals surface area (Å²) in [5.74, 6) is 3.20. The van der Waals surface area contributed by atoms with Crippen molar-refractivity contribution in [3.05, 3.63) is 83.4 Å². The molecule has 1 atom stereocenters. The summed E-state index contributed by atoms with van der Waals surface area (Å²) in [4.78, 5) is 2.36. The van der Waals surface area contributed by atoms with Gasteiger partial charge in [0, 0.05) is 31.3 Å². The van der Waals surface area contributed by atoms with E-state index in [1.165, 1.54) is 0 Å². The van der Waals surface area contributed by atoms with Gasteiger partial charge in [-0.15, -0.1) is 0 Å². The lowest BCUT2D eigenvalue weighted by molar-refractivity contribution is 0.0376. The fourth-order valence-corrected chi connectivity index (χ4v) is 6.05. The Balaban J connectivity index is 1.74. The Labute approximate surface area is 188 Å². The molecule has 0 radical (unpaired) electrons. The van der Waals surface area contributed by atoms with Crippen LogP contribution in [0.2, 0.25) is 0 Å². The van der Waals surface area contributed by atoms with E-state index in [4.69, 9.17) is 27.9 Å². The Hall–Kier alpha value is -1.39. The maximum atomic E-state index is 13.8. The third-order valence-corrected chi connectivity index (χ3v) is 7.78. The Bertz CT molecular complexity index is 838. The first kappa shape index (κ1) is 23.3. The van der Waals surface area contributed by atoms with Crippen LogP contribution in [0.4, 0.5) is 0 Å². The first-order chi connectivity index (χ1) is 14.6. The van der Waals surface area contributed by atoms with Crippen molar-refractivity contribution in [1.82, 2.24) is 9.99 Å². The van der Waals surface area contributed by atoms with Gasteiger partial charge in [0.15, 0.2) is 7.29 Å². The minimum Gasteiger partial charge on any atom is -0.379 e. The predicted octanol–water partition coefficient (Wildman–Crippen LogP) is 6.05. The van der Waals surface area contributed by atoms with E-state index >= 15 is 0 Å². The van der Waals surface area contributed by atoms with Gasteiger partial charge in [0.1, 0.15) is 0 Å². The molecule has 160 valence electrons. The van der Waals surface area contributed by atoms with Crippen LogP contribution in [-0.4, -0.2) is 44.3 Å². The van der Waals surface area contributed by atoms with E-state index in [1.54, 1.807) is 11.6 Å². The standard InChI is InChI=1S/C23H27Cl2N2O2P/c24-22(20-8-3-1-4-9-20)18-30(28,19-23(25)21-10-5-2-6-11-21)26-12-7-13-27-14-16-29-17-15-27/h1-6,8-11,18-19H,7,12-17H2,(H,26,28)/b22-18+,23-19?. The van der Waals surface area contributed by atoms with Crippen molar-refractivity contribution in [2.75, 3.05) is 39.4 Å². The summed E-state index contributed by atoms with van der Waals surface area (Å²) in [6.07, 6.45) is 0.873. The highest BCUT2D eigenvalue weighted by atomic mass is 35.5. The lowest BCUT2D eigenvalue weighted by Crippen LogP contribution is -2.37. The zero-order chi connectivity index (χ0) is 21.2. The van der Waals surface area contributed by atoms with Gasteiger partial charge in [-0.1, -0.05) is 83.9 Å². The molecule has 0 saturated carbocycles. The highest BCUT2D eigenvalue weighted by Gasteiger charge is 2.19. The third kappa shape index (κ3) is 7.39. The fourth-order valence-electron chi connectivity index (χ4n) is 3.19. The lowest BCUT2D eigenvalue weighted by Gasteiger charge is -2.26. The molecule has 1 N–H and O–H groups in total. The molecule has 1 heterocycles. The molecule has 4 nitrogen and oxygen atoms in total. The minimum absolute atomic E-state index is 0.438. The van der Waals surface area contributed by atoms with Crippen LogP contribution in [0.1, 0.15) is 17.5 Å². The number of hydrogen-bond acceptors (Lipinski definition) is 3. The van der Waals surface area contributed by atoms with Gasteiger partial charge in [0.2, 0.25) is 0 Å². The van der Waals surface area contributed by atoms with Crippen molar-refractivity contribution in [2.24, 2.45) is 0 Å². The van der Waals surface area contributed by atoms with E-state index in [2.05, 4.69) is 9.99 Å². The van der Waals surface area contributed by atoms with Crippen molar-refractivity contribution < 1.29 is 9.30 Å². The van der Waals surface area contributed by atoms with Crippen LogP contribution in [0, 0.1) is 0 Å². The zero-order valence-corrected chi connectivity index (χ0v) is 19.3. The molecule has 1 fully saturated rings. The smallest absolute Gasteiger partial charge is 0.193 e. The number of halogens is 2. The van der Waals surface area contributed by atoms with Crippen molar-refractivity contribution in [3.8, 4) is 0 Å². The van der Waals surface area contributed by atoms with E-state index in [9.17, 15) is 4.57 Å². The van der Waals surface area contributed by atoms with Gasteiger partial charge in [-0.05, 0) is 24.1 Å². The number of nitrogens with zero attached hydrogens (tertiary/aromatic N) is 1. The maximum absolute atomic E-state index is 13.8. The number of nitrogens with one attached hydrogen (secondary N) is 1. The monoisotopic (exact) mass is 464 g/mol. The Kier molecular flexibility index (Phi) is 9.20. The molecule has 1 aliphatic rings. The first-order valence-corrected chi connectivity index (χ1v) is 12.7. The van der Waals surface area contributed by atoms with Crippen molar-refractivity contribution in [3.63, 3.8) is 0 Å². The Morgan fingerprint density at radius 1 is 0.933 bits per heavy atom. The average Bonchev–Trinajstić information content (AvgIpc) is 2.78. The molecule has 0 bridgehead atoms. The summed E-state index contributed by atoms with van der Waals surface area (Å²) in [7, 11) is -3.11. The first-order valence-electron chi connectivity index (χ1n) is 10.1. The number of ether oxygens (including phenoxy) is 1. The van der Waals surface area contributed by atoms with E-state index < -0.39 is 7.29 Å². The molecule has 2 aromatic carbocycles. The van der Waals surface area contributed by atoms with Gasteiger partial charge in [0.05, 0.1) is 23.3 Å². The maximum Gasteiger partial charge on any atom is 0.193 e. The molecule has 0 spiro atoms. The van der Waals surface area contributed by atoms with Crippen LogP contribution in [-0.2, 0) is 9.30 Å². The second-order valence-corrected chi connectivity index (χ2v) is 10.2. The zero-order valence-electron chi connectivity index (χ0n) is 16.8. The Morgan fingerprint density at radius 2 is 1.43 bits per heavy atom. The molecule has 7 heteroatoms. The fraction of sp³-hybridized carbons (Fsp3) is 0.304. The molecule has 3 rings (SSSR count). The van der Waals surface area contributed by atoms with E-state index in [-0.39, 0.29) is 0 Å². The third-order valence-electron chi connectivity index (χ3n) is 4.82. The van der Waals surface area contributed by atoms with Gasteiger partial charge >= 0.3 is 0 Å². The normalized spacial score (nSPS) is 18.2. The van der Waals surface area contributed by atoms with Gasteiger partial charge in [-0.2, -0.15) is 0 Å². The molecule has 0 aromatic heterocycles. The second-order valence-electron chi connectivity index (χ2n) is 7.11. The topological polar surface area (TPSA) is 41.6 Å². The van der Waals surface area contributed by atoms with Crippen molar-refractivity contribution in [2.45, 2.75) is 6.42 Å². The number of rotatable bonds is 9. The van der Waals surface area contributed by atoms with Gasteiger partial charge in [-0.25, -0.2) is 0 Å². The predicted molar refractivity (Wildman–Crippen MR) is 128 cm³/mol. The molecular formula is C23H27Cl2N2O2P. The van der Waals surface area contributed by atoms with Crippen LogP contribution in [0.3, 0.4) is 0 Å². The quantitative estimate of drug-likeness (QED) is 0.362. The highest BCUT2D eigenvalue weighted by Crippen LogP contribution is 2.50. The molecule has 30 heavy (non-hydrogen) atoms. The Morgan fingerprint density at radius 3 is 1.93 bits per heavy atom. The van der Waals surface area contributed by atoms with Gasteiger partial charge < -0.3 is 4.74 Å². The van der Waals surface area contributed by atoms with Crippen LogP contribution in [0.25, 0.3) is 10.1 Å². The van der Waals surface area contributed by atoms with Gasteiger partial charge in [0.25, 0.3) is 0 Å². The summed E-state index contributed by atoms with van der Waals surface area (Å²) in [6, 6.07) is 19.0. The highest BCUT2D eigenvalue weighted by molar-refractivity contribution is 7.68. The van der Waals surface area contributed by atoms with E-state index in [1.807, 2.05) is 60.7 Å². The summed E-state index contributed by atoms with van der Waals surface area (Å²) in [5.41, 5.74) is 1.64. The number of morpholine rings is 1. The second kappa shape index (κ2) is 11.9. The molecule has 0 amide bonds.